The molecule has 1 fully saturated rings. The van der Waals surface area contributed by atoms with Crippen molar-refractivity contribution in [1.29, 1.82) is 0 Å². The third kappa shape index (κ3) is 2.29. The van der Waals surface area contributed by atoms with E-state index in [1.165, 1.54) is 0 Å². The summed E-state index contributed by atoms with van der Waals surface area (Å²) in [6.45, 7) is 3.90. The summed E-state index contributed by atoms with van der Waals surface area (Å²) in [6.07, 6.45) is 0. The fraction of sp³-hybridized carbons (Fsp3) is 0.462. The average molecular weight is 298 g/mol. The summed E-state index contributed by atoms with van der Waals surface area (Å²) in [7, 11) is -3.56. The van der Waals surface area contributed by atoms with E-state index in [0.717, 1.165) is 0 Å². The number of nitrogens with two attached hydrogens (primary N) is 1. The Morgan fingerprint density at radius 1 is 1.30 bits per heavy atom. The highest BCUT2D eigenvalue weighted by molar-refractivity contribution is 7.55. The van der Waals surface area contributed by atoms with Crippen molar-refractivity contribution in [2.75, 3.05) is 13.2 Å². The largest absolute Gasteiger partial charge is 0.368 e. The van der Waals surface area contributed by atoms with Gasteiger partial charge in [-0.05, 0) is 19.4 Å². The second-order valence-corrected chi connectivity index (χ2v) is 6.66. The van der Waals surface area contributed by atoms with E-state index in [9.17, 15) is 9.36 Å². The van der Waals surface area contributed by atoms with Crippen molar-refractivity contribution in [1.82, 2.24) is 5.32 Å². The molecular formula is C13H19N2O4P. The highest BCUT2D eigenvalue weighted by Crippen LogP contribution is 2.70. The fourth-order valence-electron chi connectivity index (χ4n) is 2.37. The summed E-state index contributed by atoms with van der Waals surface area (Å²) in [5.41, 5.74) is 6.04. The predicted octanol–water partition coefficient (Wildman–Crippen LogP) is 1.56. The van der Waals surface area contributed by atoms with Gasteiger partial charge in [-0.25, -0.2) is 0 Å². The number of rotatable bonds is 7. The molecule has 2 rings (SSSR count). The predicted molar refractivity (Wildman–Crippen MR) is 75.1 cm³/mol. The van der Waals surface area contributed by atoms with Crippen molar-refractivity contribution in [3.8, 4) is 0 Å². The first kappa shape index (κ1) is 15.2. The molecule has 0 aromatic heterocycles. The maximum atomic E-state index is 13.1. The van der Waals surface area contributed by atoms with Crippen LogP contribution in [-0.2, 0) is 23.7 Å². The van der Waals surface area contributed by atoms with Gasteiger partial charge in [0.05, 0.1) is 13.2 Å². The molecule has 1 aromatic rings. The molecule has 20 heavy (non-hydrogen) atoms. The van der Waals surface area contributed by atoms with Crippen LogP contribution in [0.15, 0.2) is 30.3 Å². The van der Waals surface area contributed by atoms with Crippen molar-refractivity contribution >= 4 is 13.5 Å². The summed E-state index contributed by atoms with van der Waals surface area (Å²) in [5.74, 6) is -0.575. The van der Waals surface area contributed by atoms with Crippen LogP contribution in [0.4, 0.5) is 0 Å². The third-order valence-corrected chi connectivity index (χ3v) is 5.93. The maximum Gasteiger partial charge on any atom is 0.357 e. The van der Waals surface area contributed by atoms with E-state index in [0.29, 0.717) is 5.56 Å². The number of carbonyl (C=O) groups is 1. The molecule has 1 aliphatic rings. The lowest BCUT2D eigenvalue weighted by Crippen LogP contribution is -2.27. The van der Waals surface area contributed by atoms with Crippen LogP contribution in [0.5, 0.6) is 0 Å². The molecule has 0 saturated carbocycles. The highest BCUT2D eigenvalue weighted by atomic mass is 31.2. The van der Waals surface area contributed by atoms with Crippen LogP contribution in [0.1, 0.15) is 19.4 Å². The fourth-order valence-corrected chi connectivity index (χ4v) is 4.73. The van der Waals surface area contributed by atoms with Gasteiger partial charge in [0.25, 0.3) is 0 Å². The van der Waals surface area contributed by atoms with E-state index in [-0.39, 0.29) is 13.2 Å². The molecule has 0 radical (unpaired) electrons. The standard InChI is InChI=1S/C13H19N2O4P/c1-3-18-20(17,19-4-2)13(11(15-13)12(14)16)10-8-6-5-7-9-10/h5-9,11,15H,3-4H2,1-2H3,(H2,14,16). The molecule has 1 heterocycles. The lowest BCUT2D eigenvalue weighted by Gasteiger charge is -2.25. The van der Waals surface area contributed by atoms with E-state index in [1.807, 2.05) is 6.07 Å². The van der Waals surface area contributed by atoms with Gasteiger partial charge < -0.3 is 14.8 Å². The van der Waals surface area contributed by atoms with Gasteiger partial charge in [0.1, 0.15) is 6.04 Å². The van der Waals surface area contributed by atoms with Crippen LogP contribution in [0.25, 0.3) is 0 Å². The Morgan fingerprint density at radius 3 is 2.25 bits per heavy atom. The summed E-state index contributed by atoms with van der Waals surface area (Å²) in [6, 6.07) is 8.25. The van der Waals surface area contributed by atoms with E-state index in [2.05, 4.69) is 5.32 Å². The van der Waals surface area contributed by atoms with Crippen molar-refractivity contribution in [3.63, 3.8) is 0 Å². The number of benzene rings is 1. The molecule has 110 valence electrons. The smallest absolute Gasteiger partial charge is 0.357 e. The second-order valence-electron chi connectivity index (χ2n) is 4.45. The van der Waals surface area contributed by atoms with Gasteiger partial charge in [-0.3, -0.25) is 14.7 Å². The minimum absolute atomic E-state index is 0.221. The minimum atomic E-state index is -3.56. The Bertz CT molecular complexity index is 526. The molecule has 0 aliphatic carbocycles. The molecule has 1 aromatic carbocycles. The van der Waals surface area contributed by atoms with Gasteiger partial charge in [0.15, 0.2) is 5.28 Å². The van der Waals surface area contributed by atoms with Crippen LogP contribution in [0.2, 0.25) is 0 Å². The molecular weight excluding hydrogens is 279 g/mol. The third-order valence-electron chi connectivity index (χ3n) is 3.23. The summed E-state index contributed by atoms with van der Waals surface area (Å²) < 4.78 is 23.9. The molecule has 7 heteroatoms. The molecule has 6 nitrogen and oxygen atoms in total. The van der Waals surface area contributed by atoms with Crippen molar-refractivity contribution in [3.05, 3.63) is 35.9 Å². The number of carbonyl (C=O) groups excluding carboxylic acids is 1. The number of primary amides is 1. The Labute approximate surface area is 118 Å². The molecule has 0 bridgehead atoms. The van der Waals surface area contributed by atoms with Crippen LogP contribution < -0.4 is 11.1 Å². The molecule has 1 amide bonds. The Kier molecular flexibility index (Phi) is 4.30. The zero-order valence-corrected chi connectivity index (χ0v) is 12.4. The molecule has 0 spiro atoms. The SMILES string of the molecule is CCOP(=O)(OCC)C1(c2ccccc2)NC1C(N)=O. The number of nitrogens with one attached hydrogen (secondary N) is 1. The second kappa shape index (κ2) is 5.66. The molecule has 3 N–H and O–H groups in total. The van der Waals surface area contributed by atoms with Crippen molar-refractivity contribution in [2.24, 2.45) is 5.73 Å². The number of hydrogen-bond donors (Lipinski definition) is 2. The van der Waals surface area contributed by atoms with Gasteiger partial charge in [-0.1, -0.05) is 30.3 Å². The van der Waals surface area contributed by atoms with E-state index in [4.69, 9.17) is 14.8 Å². The zero-order valence-electron chi connectivity index (χ0n) is 11.5. The average Bonchev–Trinajstić information content (AvgIpc) is 3.18. The van der Waals surface area contributed by atoms with E-state index < -0.39 is 24.8 Å². The maximum absolute atomic E-state index is 13.1. The summed E-state index contributed by atoms with van der Waals surface area (Å²) in [4.78, 5) is 11.5. The van der Waals surface area contributed by atoms with Crippen LogP contribution in [-0.4, -0.2) is 25.2 Å². The van der Waals surface area contributed by atoms with Gasteiger partial charge in [0, 0.05) is 0 Å². The normalized spacial score (nSPS) is 25.4. The Balaban J connectivity index is 2.49. The quantitative estimate of drug-likeness (QED) is 0.587. The summed E-state index contributed by atoms with van der Waals surface area (Å²) >= 11 is 0. The number of hydrogen-bond acceptors (Lipinski definition) is 5. The molecule has 2 atom stereocenters. The van der Waals surface area contributed by atoms with Gasteiger partial charge in [-0.15, -0.1) is 0 Å². The van der Waals surface area contributed by atoms with Gasteiger partial charge in [0.2, 0.25) is 5.91 Å². The van der Waals surface area contributed by atoms with Crippen LogP contribution >= 0.6 is 7.60 Å². The lowest BCUT2D eigenvalue weighted by molar-refractivity contribution is -0.117. The van der Waals surface area contributed by atoms with E-state index >= 15 is 0 Å². The zero-order chi connectivity index (χ0) is 14.8. The molecule has 2 unspecified atom stereocenters. The van der Waals surface area contributed by atoms with Crippen molar-refractivity contribution < 1.29 is 18.4 Å². The first-order chi connectivity index (χ1) is 9.52. The van der Waals surface area contributed by atoms with Crippen LogP contribution in [0, 0.1) is 0 Å². The lowest BCUT2D eigenvalue weighted by atomic mass is 10.1. The first-order valence-corrected chi connectivity index (χ1v) is 8.08. The van der Waals surface area contributed by atoms with Gasteiger partial charge in [-0.2, -0.15) is 0 Å². The van der Waals surface area contributed by atoms with Gasteiger partial charge >= 0.3 is 7.60 Å². The number of amides is 1. The van der Waals surface area contributed by atoms with E-state index in [1.54, 1.807) is 38.1 Å². The Morgan fingerprint density at radius 2 is 1.85 bits per heavy atom. The Hall–Kier alpha value is -1.20. The topological polar surface area (TPSA) is 101 Å². The minimum Gasteiger partial charge on any atom is -0.368 e. The van der Waals surface area contributed by atoms with Crippen molar-refractivity contribution in [2.45, 2.75) is 25.2 Å². The molecule has 1 saturated heterocycles. The summed E-state index contributed by atoms with van der Waals surface area (Å²) in [5, 5.41) is 1.75. The highest BCUT2D eigenvalue weighted by Gasteiger charge is 2.71. The first-order valence-electron chi connectivity index (χ1n) is 6.53. The van der Waals surface area contributed by atoms with Crippen LogP contribution in [0.3, 0.4) is 0 Å². The molecule has 1 aliphatic heterocycles. The monoisotopic (exact) mass is 298 g/mol.